The van der Waals surface area contributed by atoms with Gasteiger partial charge in [-0.05, 0) is 36.0 Å². The molecule has 2 aromatic carbocycles. The second-order valence-corrected chi connectivity index (χ2v) is 8.43. The van der Waals surface area contributed by atoms with Crippen LogP contribution in [0, 0.1) is 17.2 Å². The van der Waals surface area contributed by atoms with Crippen molar-refractivity contribution in [3.63, 3.8) is 0 Å². The summed E-state index contributed by atoms with van der Waals surface area (Å²) in [5.74, 6) is 1.04. The van der Waals surface area contributed by atoms with Crippen LogP contribution in [-0.4, -0.2) is 30.2 Å². The number of ether oxygens (including phenoxy) is 2. The number of nitrogens with zero attached hydrogens (tertiary/aromatic N) is 2. The van der Waals surface area contributed by atoms with Crippen molar-refractivity contribution in [2.75, 3.05) is 14.2 Å². The molecule has 0 bridgehead atoms. The number of aromatic amines is 1. The number of rotatable bonds is 7. The molecule has 0 radical (unpaired) electrons. The van der Waals surface area contributed by atoms with E-state index in [9.17, 15) is 10.1 Å². The third-order valence-corrected chi connectivity index (χ3v) is 6.61. The predicted molar refractivity (Wildman–Crippen MR) is 122 cm³/mol. The van der Waals surface area contributed by atoms with Crippen LogP contribution in [0.5, 0.6) is 5.75 Å². The molecule has 2 unspecified atom stereocenters. The lowest BCUT2D eigenvalue weighted by Crippen LogP contribution is -2.18. The van der Waals surface area contributed by atoms with Gasteiger partial charge in [-0.2, -0.15) is 5.26 Å². The Bertz CT molecular complexity index is 1110. The van der Waals surface area contributed by atoms with Gasteiger partial charge in [0.05, 0.1) is 38.1 Å². The molecule has 0 amide bonds. The number of aromatic nitrogens is 2. The van der Waals surface area contributed by atoms with E-state index in [1.165, 1.54) is 44.8 Å². The van der Waals surface area contributed by atoms with Gasteiger partial charge in [0.25, 0.3) is 0 Å². The van der Waals surface area contributed by atoms with Crippen LogP contribution in [0.3, 0.4) is 0 Å². The summed E-state index contributed by atoms with van der Waals surface area (Å²) in [6.45, 7) is 0. The number of nitrogens with one attached hydrogen (secondary N) is 1. The van der Waals surface area contributed by atoms with Gasteiger partial charge in [-0.25, -0.2) is 4.98 Å². The van der Waals surface area contributed by atoms with E-state index in [1.807, 2.05) is 18.2 Å². The Morgan fingerprint density at radius 3 is 2.56 bits per heavy atom. The van der Waals surface area contributed by atoms with Gasteiger partial charge in [0.1, 0.15) is 17.1 Å². The molecule has 1 N–H and O–H groups in total. The number of H-pyrrole nitrogens is 1. The van der Waals surface area contributed by atoms with Crippen LogP contribution in [0.25, 0.3) is 11.0 Å². The molecule has 1 aromatic heterocycles. The molecule has 0 aliphatic heterocycles. The van der Waals surface area contributed by atoms with Crippen LogP contribution in [0.15, 0.2) is 42.5 Å². The lowest BCUT2D eigenvalue weighted by atomic mass is 9.76. The standard InChI is InChI=1S/C26H29N3O3/c1-31-21-14-13-19(20(15-16-27)26(30)32-2)23-24(21)29-25(28-23)22(17-9-5-3-6-10-17)18-11-7-4-8-12-18/h3,5-6,9-10,13-14,18,20,22H,4,7-8,11-12,15H2,1-2H3,(H,28,29). The topological polar surface area (TPSA) is 88.0 Å². The highest BCUT2D eigenvalue weighted by molar-refractivity contribution is 5.90. The number of carbonyl (C=O) groups is 1. The average Bonchev–Trinajstić information content (AvgIpc) is 3.28. The number of nitriles is 1. The van der Waals surface area contributed by atoms with Gasteiger partial charge in [0.2, 0.25) is 0 Å². The minimum Gasteiger partial charge on any atom is -0.494 e. The molecule has 6 heteroatoms. The molecule has 1 aliphatic rings. The average molecular weight is 432 g/mol. The zero-order valence-corrected chi connectivity index (χ0v) is 18.6. The maximum atomic E-state index is 12.5. The zero-order chi connectivity index (χ0) is 22.5. The number of imidazole rings is 1. The van der Waals surface area contributed by atoms with Crippen LogP contribution in [0.1, 0.15) is 67.3 Å². The Labute approximate surface area is 188 Å². The molecule has 1 saturated carbocycles. The molecule has 0 saturated heterocycles. The van der Waals surface area contributed by atoms with Crippen molar-refractivity contribution in [3.05, 3.63) is 59.4 Å². The monoisotopic (exact) mass is 431 g/mol. The molecule has 32 heavy (non-hydrogen) atoms. The first-order chi connectivity index (χ1) is 15.7. The highest BCUT2D eigenvalue weighted by Crippen LogP contribution is 2.41. The first-order valence-electron chi connectivity index (χ1n) is 11.2. The summed E-state index contributed by atoms with van der Waals surface area (Å²) in [5, 5.41) is 9.32. The fourth-order valence-electron chi connectivity index (χ4n) is 5.04. The summed E-state index contributed by atoms with van der Waals surface area (Å²) in [4.78, 5) is 21.0. The molecule has 166 valence electrons. The van der Waals surface area contributed by atoms with E-state index in [2.05, 4.69) is 35.3 Å². The lowest BCUT2D eigenvalue weighted by Gasteiger charge is -2.29. The minimum absolute atomic E-state index is 0.0349. The van der Waals surface area contributed by atoms with E-state index < -0.39 is 11.9 Å². The third kappa shape index (κ3) is 4.20. The largest absolute Gasteiger partial charge is 0.494 e. The van der Waals surface area contributed by atoms with E-state index >= 15 is 0 Å². The van der Waals surface area contributed by atoms with E-state index in [-0.39, 0.29) is 12.3 Å². The van der Waals surface area contributed by atoms with Crippen LogP contribution in [0.4, 0.5) is 0 Å². The number of methoxy groups -OCH3 is 2. The maximum absolute atomic E-state index is 12.5. The predicted octanol–water partition coefficient (Wildman–Crippen LogP) is 5.45. The second kappa shape index (κ2) is 9.86. The number of benzene rings is 2. The molecule has 2 atom stereocenters. The highest BCUT2D eigenvalue weighted by Gasteiger charge is 2.31. The normalized spacial score (nSPS) is 16.3. The Balaban J connectivity index is 1.88. The Morgan fingerprint density at radius 2 is 1.91 bits per heavy atom. The van der Waals surface area contributed by atoms with Crippen molar-refractivity contribution in [2.24, 2.45) is 5.92 Å². The molecule has 1 aliphatic carbocycles. The molecule has 0 spiro atoms. The van der Waals surface area contributed by atoms with Crippen molar-refractivity contribution in [2.45, 2.75) is 50.4 Å². The summed E-state index contributed by atoms with van der Waals surface area (Å²) in [6.07, 6.45) is 6.11. The maximum Gasteiger partial charge on any atom is 0.314 e. The third-order valence-electron chi connectivity index (χ3n) is 6.61. The van der Waals surface area contributed by atoms with Crippen LogP contribution < -0.4 is 4.74 Å². The minimum atomic E-state index is -0.684. The van der Waals surface area contributed by atoms with E-state index in [0.717, 1.165) is 11.3 Å². The summed E-state index contributed by atoms with van der Waals surface area (Å²) >= 11 is 0. The van der Waals surface area contributed by atoms with E-state index in [1.54, 1.807) is 7.11 Å². The lowest BCUT2D eigenvalue weighted by molar-refractivity contribution is -0.142. The van der Waals surface area contributed by atoms with E-state index in [0.29, 0.717) is 22.7 Å². The van der Waals surface area contributed by atoms with Gasteiger partial charge in [-0.15, -0.1) is 0 Å². The number of fused-ring (bicyclic) bond motifs is 1. The van der Waals surface area contributed by atoms with Crippen molar-refractivity contribution >= 4 is 17.0 Å². The van der Waals surface area contributed by atoms with Crippen molar-refractivity contribution < 1.29 is 14.3 Å². The molecular formula is C26H29N3O3. The highest BCUT2D eigenvalue weighted by atomic mass is 16.5. The van der Waals surface area contributed by atoms with Gasteiger partial charge >= 0.3 is 5.97 Å². The van der Waals surface area contributed by atoms with Crippen molar-refractivity contribution in [1.82, 2.24) is 9.97 Å². The Hall–Kier alpha value is -3.33. The van der Waals surface area contributed by atoms with Gasteiger partial charge in [0.15, 0.2) is 0 Å². The summed E-state index contributed by atoms with van der Waals surface area (Å²) in [6, 6.07) is 16.3. The second-order valence-electron chi connectivity index (χ2n) is 8.43. The smallest absolute Gasteiger partial charge is 0.314 e. The molecular weight excluding hydrogens is 402 g/mol. The SMILES string of the molecule is COC(=O)C(CC#N)c1ccc(OC)c2nc(C(c3ccccc3)C3CCCCC3)[nH]c12. The first kappa shape index (κ1) is 21.9. The van der Waals surface area contributed by atoms with Gasteiger partial charge < -0.3 is 14.5 Å². The summed E-state index contributed by atoms with van der Waals surface area (Å²) < 4.78 is 10.6. The van der Waals surface area contributed by atoms with E-state index in [4.69, 9.17) is 14.5 Å². The Kier molecular flexibility index (Phi) is 6.75. The van der Waals surface area contributed by atoms with Gasteiger partial charge in [-0.1, -0.05) is 55.7 Å². The van der Waals surface area contributed by atoms with Crippen LogP contribution in [0.2, 0.25) is 0 Å². The summed E-state index contributed by atoms with van der Waals surface area (Å²) in [7, 11) is 2.96. The molecule has 4 rings (SSSR count). The number of esters is 1. The van der Waals surface area contributed by atoms with Crippen LogP contribution in [-0.2, 0) is 9.53 Å². The zero-order valence-electron chi connectivity index (χ0n) is 18.6. The Morgan fingerprint density at radius 1 is 1.16 bits per heavy atom. The van der Waals surface area contributed by atoms with Gasteiger partial charge in [0, 0.05) is 5.92 Å². The molecule has 1 fully saturated rings. The summed E-state index contributed by atoms with van der Waals surface area (Å²) in [5.41, 5.74) is 3.37. The van der Waals surface area contributed by atoms with Crippen molar-refractivity contribution in [1.29, 1.82) is 5.26 Å². The van der Waals surface area contributed by atoms with Crippen LogP contribution >= 0.6 is 0 Å². The molecule has 6 nitrogen and oxygen atoms in total. The quantitative estimate of drug-likeness (QED) is 0.502. The first-order valence-corrected chi connectivity index (χ1v) is 11.2. The molecule has 3 aromatic rings. The number of carbonyl (C=O) groups excluding carboxylic acids is 1. The van der Waals surface area contributed by atoms with Gasteiger partial charge in [-0.3, -0.25) is 4.79 Å². The van der Waals surface area contributed by atoms with Crippen molar-refractivity contribution in [3.8, 4) is 11.8 Å². The fourth-order valence-corrected chi connectivity index (χ4v) is 5.04. The number of hydrogen-bond donors (Lipinski definition) is 1. The molecule has 1 heterocycles. The number of hydrogen-bond acceptors (Lipinski definition) is 5. The fraction of sp³-hybridized carbons (Fsp3) is 0.423.